The van der Waals surface area contributed by atoms with Gasteiger partial charge in [-0.15, -0.1) is 0 Å². The van der Waals surface area contributed by atoms with E-state index in [-0.39, 0.29) is 0 Å². The van der Waals surface area contributed by atoms with Crippen LogP contribution in [0.2, 0.25) is 12.1 Å². The van der Waals surface area contributed by atoms with E-state index >= 15 is 0 Å². The molecule has 0 bridgehead atoms. The molecule has 0 aliphatic rings. The Bertz CT molecular complexity index is 260. The Hall–Kier alpha value is -0.755. The molecule has 1 aromatic rings. The third-order valence-electron chi connectivity index (χ3n) is 3.14. The van der Waals surface area contributed by atoms with Gasteiger partial charge in [0.05, 0.1) is 0 Å². The second-order valence-electron chi connectivity index (χ2n) is 4.18. The van der Waals surface area contributed by atoms with Crippen molar-refractivity contribution in [3.8, 4) is 0 Å². The minimum Gasteiger partial charge on any atom is -0.438 e. The van der Waals surface area contributed by atoms with Gasteiger partial charge >= 0.3 is 0 Å². The Morgan fingerprint density at radius 3 is 2.47 bits per heavy atom. The van der Waals surface area contributed by atoms with E-state index in [9.17, 15) is 0 Å². The molecule has 15 heavy (non-hydrogen) atoms. The van der Waals surface area contributed by atoms with Crippen molar-refractivity contribution in [1.82, 2.24) is 0 Å². The lowest BCUT2D eigenvalue weighted by Gasteiger charge is -2.17. The van der Waals surface area contributed by atoms with Crippen LogP contribution < -0.4 is 0 Å². The molecule has 1 unspecified atom stereocenters. The van der Waals surface area contributed by atoms with Crippen LogP contribution in [-0.4, -0.2) is 14.0 Å². The van der Waals surface area contributed by atoms with Gasteiger partial charge in [-0.3, -0.25) is 0 Å². The third kappa shape index (κ3) is 4.09. The first-order valence-electron chi connectivity index (χ1n) is 5.84. The first-order valence-corrected chi connectivity index (χ1v) is 5.84. The fourth-order valence-electron chi connectivity index (χ4n) is 1.85. The molecule has 0 heterocycles. The molecule has 0 fully saturated rings. The molecule has 0 N–H and O–H groups in total. The van der Waals surface area contributed by atoms with E-state index in [0.717, 1.165) is 12.7 Å². The summed E-state index contributed by atoms with van der Waals surface area (Å²) in [6.45, 7) is 4.88. The zero-order chi connectivity index (χ0) is 11.1. The summed E-state index contributed by atoms with van der Waals surface area (Å²) >= 11 is 0. The van der Waals surface area contributed by atoms with E-state index in [4.69, 9.17) is 4.65 Å². The standard InChI is InChI=1S/C13H21BO/c1-4-12(2)14(15-3)11-10-13-8-6-5-7-9-13/h5-9,12H,4,10-11H2,1-3H3. The van der Waals surface area contributed by atoms with Crippen molar-refractivity contribution in [2.24, 2.45) is 0 Å². The van der Waals surface area contributed by atoms with Crippen LogP contribution in [0.3, 0.4) is 0 Å². The van der Waals surface area contributed by atoms with Crippen LogP contribution in [0.25, 0.3) is 0 Å². The Kier molecular flexibility index (Phi) is 5.48. The lowest BCUT2D eigenvalue weighted by Crippen LogP contribution is -2.21. The molecule has 1 nitrogen and oxygen atoms in total. The molecule has 1 atom stereocenters. The molecule has 2 heteroatoms. The number of hydrogen-bond donors (Lipinski definition) is 0. The monoisotopic (exact) mass is 204 g/mol. The summed E-state index contributed by atoms with van der Waals surface area (Å²) in [7, 11) is 1.82. The number of rotatable bonds is 6. The number of aryl methyl sites for hydroxylation is 1. The highest BCUT2D eigenvalue weighted by atomic mass is 16.4. The van der Waals surface area contributed by atoms with Crippen LogP contribution in [-0.2, 0) is 11.1 Å². The van der Waals surface area contributed by atoms with Gasteiger partial charge in [-0.25, -0.2) is 0 Å². The van der Waals surface area contributed by atoms with Gasteiger partial charge in [0.15, 0.2) is 0 Å². The summed E-state index contributed by atoms with van der Waals surface area (Å²) in [6.07, 6.45) is 3.42. The molecule has 0 aliphatic heterocycles. The van der Waals surface area contributed by atoms with E-state index in [0.29, 0.717) is 12.7 Å². The van der Waals surface area contributed by atoms with Gasteiger partial charge in [-0.1, -0.05) is 50.6 Å². The Morgan fingerprint density at radius 2 is 1.93 bits per heavy atom. The largest absolute Gasteiger partial charge is 0.438 e. The molecule has 0 amide bonds. The van der Waals surface area contributed by atoms with Crippen LogP contribution >= 0.6 is 0 Å². The summed E-state index contributed by atoms with van der Waals surface area (Å²) in [5.74, 6) is 0.652. The summed E-state index contributed by atoms with van der Waals surface area (Å²) in [4.78, 5) is 0. The number of benzene rings is 1. The lowest BCUT2D eigenvalue weighted by atomic mass is 9.52. The molecule has 0 saturated carbocycles. The molecule has 1 aromatic carbocycles. The van der Waals surface area contributed by atoms with Crippen LogP contribution in [0, 0.1) is 0 Å². The molecule has 0 aromatic heterocycles. The molecular formula is C13H21BO. The Balaban J connectivity index is 2.41. The number of hydrogen-bond acceptors (Lipinski definition) is 1. The average molecular weight is 204 g/mol. The van der Waals surface area contributed by atoms with Crippen LogP contribution in [0.15, 0.2) is 30.3 Å². The maximum absolute atomic E-state index is 5.52. The first kappa shape index (κ1) is 12.3. The van der Waals surface area contributed by atoms with E-state index in [1.165, 1.54) is 12.0 Å². The summed E-state index contributed by atoms with van der Waals surface area (Å²) in [6, 6.07) is 10.6. The lowest BCUT2D eigenvalue weighted by molar-refractivity contribution is 0.405. The van der Waals surface area contributed by atoms with Gasteiger partial charge in [-0.2, -0.15) is 0 Å². The first-order chi connectivity index (χ1) is 7.27. The molecule has 0 radical (unpaired) electrons. The minimum absolute atomic E-state index is 0.398. The fraction of sp³-hybridized carbons (Fsp3) is 0.538. The van der Waals surface area contributed by atoms with E-state index in [1.807, 2.05) is 7.11 Å². The molecule has 0 aliphatic carbocycles. The maximum atomic E-state index is 5.52. The van der Waals surface area contributed by atoms with Gasteiger partial charge in [0.1, 0.15) is 0 Å². The Labute approximate surface area is 94.0 Å². The minimum atomic E-state index is 0.398. The smallest absolute Gasteiger partial charge is 0.295 e. The quantitative estimate of drug-likeness (QED) is 0.642. The van der Waals surface area contributed by atoms with Gasteiger partial charge in [-0.05, 0) is 24.1 Å². The molecule has 0 saturated heterocycles. The van der Waals surface area contributed by atoms with Gasteiger partial charge in [0, 0.05) is 7.11 Å². The third-order valence-corrected chi connectivity index (χ3v) is 3.14. The van der Waals surface area contributed by atoms with Crippen LogP contribution in [0.1, 0.15) is 25.8 Å². The van der Waals surface area contributed by atoms with Crippen molar-refractivity contribution in [1.29, 1.82) is 0 Å². The van der Waals surface area contributed by atoms with E-state index in [2.05, 4.69) is 44.2 Å². The van der Waals surface area contributed by atoms with Crippen molar-refractivity contribution in [3.63, 3.8) is 0 Å². The highest BCUT2D eigenvalue weighted by Gasteiger charge is 2.20. The zero-order valence-corrected chi connectivity index (χ0v) is 10.1. The predicted octanol–water partition coefficient (Wildman–Crippen LogP) is 3.67. The Morgan fingerprint density at radius 1 is 1.27 bits per heavy atom. The van der Waals surface area contributed by atoms with Crippen molar-refractivity contribution in [2.45, 2.75) is 38.8 Å². The van der Waals surface area contributed by atoms with E-state index in [1.54, 1.807) is 0 Å². The summed E-state index contributed by atoms with van der Waals surface area (Å²) < 4.78 is 5.52. The average Bonchev–Trinajstić information content (AvgIpc) is 2.31. The highest BCUT2D eigenvalue weighted by molar-refractivity contribution is 6.53. The van der Waals surface area contributed by atoms with Gasteiger partial charge < -0.3 is 4.65 Å². The molecule has 0 spiro atoms. The normalized spacial score (nSPS) is 12.5. The van der Waals surface area contributed by atoms with Gasteiger partial charge in [0.25, 0.3) is 6.92 Å². The van der Waals surface area contributed by atoms with Crippen LogP contribution in [0.5, 0.6) is 0 Å². The SMILES string of the molecule is CCC(C)B(CCc1ccccc1)OC. The fourth-order valence-corrected chi connectivity index (χ4v) is 1.85. The van der Waals surface area contributed by atoms with Crippen molar-refractivity contribution >= 4 is 6.92 Å². The second-order valence-corrected chi connectivity index (χ2v) is 4.18. The van der Waals surface area contributed by atoms with E-state index < -0.39 is 0 Å². The zero-order valence-electron chi connectivity index (χ0n) is 10.1. The summed E-state index contributed by atoms with van der Waals surface area (Å²) in [5.41, 5.74) is 1.41. The highest BCUT2D eigenvalue weighted by Crippen LogP contribution is 2.19. The molecule has 82 valence electrons. The van der Waals surface area contributed by atoms with Crippen molar-refractivity contribution < 1.29 is 4.65 Å². The van der Waals surface area contributed by atoms with Crippen LogP contribution in [0.4, 0.5) is 0 Å². The van der Waals surface area contributed by atoms with Crippen molar-refractivity contribution in [2.75, 3.05) is 7.11 Å². The van der Waals surface area contributed by atoms with Crippen molar-refractivity contribution in [3.05, 3.63) is 35.9 Å². The second kappa shape index (κ2) is 6.68. The predicted molar refractivity (Wildman–Crippen MR) is 67.4 cm³/mol. The topological polar surface area (TPSA) is 9.23 Å². The maximum Gasteiger partial charge on any atom is 0.295 e. The van der Waals surface area contributed by atoms with Gasteiger partial charge in [0.2, 0.25) is 0 Å². The molecular weight excluding hydrogens is 183 g/mol. The summed E-state index contributed by atoms with van der Waals surface area (Å²) in [5, 5.41) is 0. The molecule has 1 rings (SSSR count).